The van der Waals surface area contributed by atoms with Crippen molar-refractivity contribution in [1.29, 1.82) is 0 Å². The predicted octanol–water partition coefficient (Wildman–Crippen LogP) is 5.11. The van der Waals surface area contributed by atoms with Crippen molar-refractivity contribution < 1.29 is 24.2 Å². The number of anilines is 1. The van der Waals surface area contributed by atoms with Crippen molar-refractivity contribution in [3.05, 3.63) is 64.2 Å². The first-order valence-corrected chi connectivity index (χ1v) is 12.8. The quantitative estimate of drug-likeness (QED) is 0.465. The van der Waals surface area contributed by atoms with Crippen molar-refractivity contribution >= 4 is 23.6 Å². The fraction of sp³-hybridized carbons (Fsp3) is 0.500. The Morgan fingerprint density at radius 3 is 1.95 bits per heavy atom. The van der Waals surface area contributed by atoms with E-state index in [1.165, 1.54) is 4.90 Å². The van der Waals surface area contributed by atoms with Gasteiger partial charge in [0.15, 0.2) is 0 Å². The summed E-state index contributed by atoms with van der Waals surface area (Å²) in [5.74, 6) is -1.01. The number of hydrogen-bond acceptors (Lipinski definition) is 5. The maximum absolute atomic E-state index is 14.0. The Morgan fingerprint density at radius 1 is 0.895 bits per heavy atom. The van der Waals surface area contributed by atoms with E-state index in [1.54, 1.807) is 20.8 Å². The fourth-order valence-electron chi connectivity index (χ4n) is 4.20. The van der Waals surface area contributed by atoms with Crippen LogP contribution in [0.1, 0.15) is 75.4 Å². The van der Waals surface area contributed by atoms with Crippen LogP contribution in [0.3, 0.4) is 0 Å². The zero-order valence-electron chi connectivity index (χ0n) is 24.4. The summed E-state index contributed by atoms with van der Waals surface area (Å²) in [5, 5.41) is 15.6. The summed E-state index contributed by atoms with van der Waals surface area (Å²) in [5.41, 5.74) is 3.46. The molecule has 0 aromatic heterocycles. The molecule has 3 N–H and O–H groups in total. The number of para-hydroxylation sites is 1. The SMILES string of the molecule is Cc1ccc(C(C(=O)Nc2c(C)cccc2C)N(C(=O)C(CO)NC(=O)OC(C)(C)C)C(C)(C)C)cc1C. The van der Waals surface area contributed by atoms with E-state index < -0.39 is 47.7 Å². The number of ether oxygens (including phenoxy) is 1. The molecule has 0 spiro atoms. The van der Waals surface area contributed by atoms with Gasteiger partial charge in [-0.25, -0.2) is 4.79 Å². The number of aryl methyl sites for hydroxylation is 4. The first-order valence-electron chi connectivity index (χ1n) is 12.8. The Balaban J connectivity index is 2.61. The van der Waals surface area contributed by atoms with E-state index in [-0.39, 0.29) is 0 Å². The molecule has 208 valence electrons. The molecule has 8 heteroatoms. The van der Waals surface area contributed by atoms with Gasteiger partial charge >= 0.3 is 6.09 Å². The lowest BCUT2D eigenvalue weighted by atomic mass is 9.93. The third-order valence-electron chi connectivity index (χ3n) is 6.21. The number of aliphatic hydroxyl groups excluding tert-OH is 1. The maximum Gasteiger partial charge on any atom is 0.408 e. The largest absolute Gasteiger partial charge is 0.444 e. The van der Waals surface area contributed by atoms with Gasteiger partial charge in [-0.1, -0.05) is 36.4 Å². The third-order valence-corrected chi connectivity index (χ3v) is 6.21. The molecule has 8 nitrogen and oxygen atoms in total. The Bertz CT molecular complexity index is 1160. The number of nitrogens with one attached hydrogen (secondary N) is 2. The van der Waals surface area contributed by atoms with Crippen LogP contribution in [-0.2, 0) is 14.3 Å². The second-order valence-electron chi connectivity index (χ2n) is 11.8. The van der Waals surface area contributed by atoms with E-state index in [1.807, 2.05) is 84.9 Å². The van der Waals surface area contributed by atoms with Crippen LogP contribution in [0.2, 0.25) is 0 Å². The Morgan fingerprint density at radius 2 is 1.47 bits per heavy atom. The normalized spacial score (nSPS) is 13.3. The number of hydrogen-bond donors (Lipinski definition) is 3. The number of carbonyl (C=O) groups is 3. The highest BCUT2D eigenvalue weighted by atomic mass is 16.6. The van der Waals surface area contributed by atoms with Crippen molar-refractivity contribution in [1.82, 2.24) is 10.2 Å². The van der Waals surface area contributed by atoms with Gasteiger partial charge in [0.25, 0.3) is 5.91 Å². The Labute approximate surface area is 226 Å². The van der Waals surface area contributed by atoms with Gasteiger partial charge in [-0.3, -0.25) is 9.59 Å². The number of amides is 3. The molecule has 0 bridgehead atoms. The van der Waals surface area contributed by atoms with Gasteiger partial charge in [0.05, 0.1) is 6.61 Å². The van der Waals surface area contributed by atoms with E-state index in [4.69, 9.17) is 4.74 Å². The minimum Gasteiger partial charge on any atom is -0.444 e. The molecule has 0 radical (unpaired) electrons. The van der Waals surface area contributed by atoms with E-state index in [9.17, 15) is 19.5 Å². The first kappa shape index (κ1) is 30.8. The molecule has 0 heterocycles. The second kappa shape index (κ2) is 12.0. The number of aliphatic hydroxyl groups is 1. The van der Waals surface area contributed by atoms with Crippen molar-refractivity contribution in [3.8, 4) is 0 Å². The number of carbonyl (C=O) groups excluding carboxylic acids is 3. The number of benzene rings is 2. The van der Waals surface area contributed by atoms with Crippen LogP contribution in [0.25, 0.3) is 0 Å². The molecule has 0 aliphatic heterocycles. The summed E-state index contributed by atoms with van der Waals surface area (Å²) in [6, 6.07) is 9.02. The van der Waals surface area contributed by atoms with Crippen molar-refractivity contribution in [3.63, 3.8) is 0 Å². The van der Waals surface area contributed by atoms with Crippen LogP contribution < -0.4 is 10.6 Å². The van der Waals surface area contributed by atoms with E-state index in [2.05, 4.69) is 10.6 Å². The highest BCUT2D eigenvalue weighted by Gasteiger charge is 2.42. The van der Waals surface area contributed by atoms with Gasteiger partial charge in [0.2, 0.25) is 5.91 Å². The van der Waals surface area contributed by atoms with Crippen LogP contribution in [0, 0.1) is 27.7 Å². The smallest absolute Gasteiger partial charge is 0.408 e. The Kier molecular flexibility index (Phi) is 9.72. The summed E-state index contributed by atoms with van der Waals surface area (Å²) < 4.78 is 5.30. The Hall–Kier alpha value is -3.39. The average molecular weight is 526 g/mol. The average Bonchev–Trinajstić information content (AvgIpc) is 2.77. The summed E-state index contributed by atoms with van der Waals surface area (Å²) in [6.07, 6.45) is -0.832. The van der Waals surface area contributed by atoms with Crippen LogP contribution in [0.4, 0.5) is 10.5 Å². The standard InChI is InChI=1S/C30H43N3O5/c1-18-14-15-22(16-21(18)4)25(26(35)32-24-19(2)12-11-13-20(24)3)33(29(5,6)7)27(36)23(17-34)31-28(37)38-30(8,9)10/h11-16,23,25,34H,17H2,1-10H3,(H,31,37)(H,32,35). The van der Waals surface area contributed by atoms with Gasteiger partial charge < -0.3 is 25.4 Å². The van der Waals surface area contributed by atoms with E-state index in [0.717, 1.165) is 22.3 Å². The van der Waals surface area contributed by atoms with Crippen LogP contribution in [0.15, 0.2) is 36.4 Å². The highest BCUT2D eigenvalue weighted by molar-refractivity contribution is 6.00. The van der Waals surface area contributed by atoms with Crippen molar-refractivity contribution in [2.45, 2.75) is 92.5 Å². The van der Waals surface area contributed by atoms with Crippen LogP contribution in [0.5, 0.6) is 0 Å². The molecule has 2 aromatic carbocycles. The van der Waals surface area contributed by atoms with Gasteiger partial charge in [0, 0.05) is 11.2 Å². The summed E-state index contributed by atoms with van der Waals surface area (Å²) >= 11 is 0. The van der Waals surface area contributed by atoms with Crippen LogP contribution in [-0.4, -0.2) is 51.7 Å². The molecule has 0 saturated heterocycles. The minimum atomic E-state index is -1.31. The zero-order chi connectivity index (χ0) is 29.0. The lowest BCUT2D eigenvalue weighted by Crippen LogP contribution is -2.59. The summed E-state index contributed by atoms with van der Waals surface area (Å²) in [4.78, 5) is 42.0. The van der Waals surface area contributed by atoms with Crippen LogP contribution >= 0.6 is 0 Å². The monoisotopic (exact) mass is 525 g/mol. The molecule has 3 amide bonds. The molecule has 0 saturated carbocycles. The van der Waals surface area contributed by atoms with Gasteiger partial charge in [-0.15, -0.1) is 0 Å². The number of nitrogens with zero attached hydrogens (tertiary/aromatic N) is 1. The molecule has 0 fully saturated rings. The van der Waals surface area contributed by atoms with Gasteiger partial charge in [-0.05, 0) is 97.1 Å². The summed E-state index contributed by atoms with van der Waals surface area (Å²) in [7, 11) is 0. The molecule has 2 atom stereocenters. The molecule has 2 rings (SSSR count). The zero-order valence-corrected chi connectivity index (χ0v) is 24.4. The van der Waals surface area contributed by atoms with Crippen molar-refractivity contribution in [2.24, 2.45) is 0 Å². The van der Waals surface area contributed by atoms with Gasteiger partial charge in [-0.2, -0.15) is 0 Å². The summed E-state index contributed by atoms with van der Waals surface area (Å²) in [6.45, 7) is 17.6. The predicted molar refractivity (Wildman–Crippen MR) is 150 cm³/mol. The number of alkyl carbamates (subject to hydrolysis) is 1. The molecule has 0 aliphatic carbocycles. The third kappa shape index (κ3) is 7.81. The molecule has 38 heavy (non-hydrogen) atoms. The second-order valence-corrected chi connectivity index (χ2v) is 11.8. The molecule has 2 unspecified atom stereocenters. The van der Waals surface area contributed by atoms with E-state index in [0.29, 0.717) is 11.3 Å². The number of rotatable bonds is 7. The topological polar surface area (TPSA) is 108 Å². The fourth-order valence-corrected chi connectivity index (χ4v) is 4.20. The van der Waals surface area contributed by atoms with Crippen molar-refractivity contribution in [2.75, 3.05) is 11.9 Å². The molecule has 0 aliphatic rings. The lowest BCUT2D eigenvalue weighted by Gasteiger charge is -2.43. The highest BCUT2D eigenvalue weighted by Crippen LogP contribution is 2.33. The lowest BCUT2D eigenvalue weighted by molar-refractivity contribution is -0.147. The van der Waals surface area contributed by atoms with Gasteiger partial charge in [0.1, 0.15) is 17.7 Å². The molecular formula is C30H43N3O5. The molecular weight excluding hydrogens is 482 g/mol. The first-order chi connectivity index (χ1) is 17.5. The molecule has 2 aromatic rings. The van der Waals surface area contributed by atoms with E-state index >= 15 is 0 Å². The minimum absolute atomic E-state index is 0.400. The maximum atomic E-state index is 14.0.